The maximum absolute atomic E-state index is 11.4. The van der Waals surface area contributed by atoms with Crippen LogP contribution in [0, 0.1) is 5.92 Å². The smallest absolute Gasteiger partial charge is 0.211 e. The number of hydrogen-bond acceptors (Lipinski definition) is 2. The van der Waals surface area contributed by atoms with Gasteiger partial charge in [-0.05, 0) is 18.8 Å². The van der Waals surface area contributed by atoms with Crippen molar-refractivity contribution in [3.8, 4) is 0 Å². The van der Waals surface area contributed by atoms with Crippen LogP contribution in [0.25, 0.3) is 0 Å². The van der Waals surface area contributed by atoms with Gasteiger partial charge in [0.15, 0.2) is 0 Å². The number of rotatable bonds is 6. The second kappa shape index (κ2) is 5.60. The molecule has 0 saturated heterocycles. The summed E-state index contributed by atoms with van der Waals surface area (Å²) in [5, 5.41) is 0. The first-order valence-corrected chi connectivity index (χ1v) is 6.58. The first kappa shape index (κ1) is 12.9. The van der Waals surface area contributed by atoms with Crippen molar-refractivity contribution in [1.82, 2.24) is 4.72 Å². The lowest BCUT2D eigenvalue weighted by atomic mass is 10.0. The minimum atomic E-state index is -3.04. The lowest BCUT2D eigenvalue weighted by Crippen LogP contribution is -2.39. The molecule has 0 aliphatic rings. The predicted octanol–water partition coefficient (Wildman–Crippen LogP) is 1.75. The molecule has 0 aliphatic carbocycles. The van der Waals surface area contributed by atoms with Gasteiger partial charge in [-0.1, -0.05) is 27.7 Å². The SMILES string of the molecule is CCCS(=O)(=O)NC(CC)C(C)C. The molecule has 0 amide bonds. The third-order valence-corrected chi connectivity index (χ3v) is 3.66. The first-order chi connectivity index (χ1) is 5.93. The Morgan fingerprint density at radius 1 is 1.23 bits per heavy atom. The number of hydrogen-bond donors (Lipinski definition) is 1. The van der Waals surface area contributed by atoms with Crippen molar-refractivity contribution < 1.29 is 8.42 Å². The third-order valence-electron chi connectivity index (χ3n) is 2.05. The van der Waals surface area contributed by atoms with Gasteiger partial charge in [0.25, 0.3) is 0 Å². The summed E-state index contributed by atoms with van der Waals surface area (Å²) in [5.74, 6) is 0.590. The standard InChI is InChI=1S/C9H21NO2S/c1-5-7-13(11,12)10-9(6-2)8(3)4/h8-10H,5-7H2,1-4H3. The minimum Gasteiger partial charge on any atom is -0.212 e. The predicted molar refractivity (Wildman–Crippen MR) is 56.1 cm³/mol. The zero-order valence-corrected chi connectivity index (χ0v) is 9.82. The van der Waals surface area contributed by atoms with Crippen molar-refractivity contribution >= 4 is 10.0 Å². The van der Waals surface area contributed by atoms with Crippen LogP contribution in [0.3, 0.4) is 0 Å². The summed E-state index contributed by atoms with van der Waals surface area (Å²) in [6, 6.07) is 0.0801. The molecule has 0 aliphatic heterocycles. The zero-order valence-electron chi connectivity index (χ0n) is 9.00. The van der Waals surface area contributed by atoms with E-state index < -0.39 is 10.0 Å². The van der Waals surface area contributed by atoms with Crippen LogP contribution < -0.4 is 4.72 Å². The van der Waals surface area contributed by atoms with Crippen LogP contribution in [0.5, 0.6) is 0 Å². The molecule has 0 heterocycles. The Balaban J connectivity index is 4.23. The van der Waals surface area contributed by atoms with Crippen molar-refractivity contribution in [3.63, 3.8) is 0 Å². The van der Waals surface area contributed by atoms with Crippen LogP contribution in [-0.2, 0) is 10.0 Å². The van der Waals surface area contributed by atoms with E-state index in [1.807, 2.05) is 27.7 Å². The summed E-state index contributed by atoms with van der Waals surface area (Å²) in [4.78, 5) is 0. The van der Waals surface area contributed by atoms with Crippen molar-refractivity contribution in [2.24, 2.45) is 5.92 Å². The van der Waals surface area contributed by atoms with E-state index in [-0.39, 0.29) is 11.8 Å². The molecule has 0 aromatic heterocycles. The van der Waals surface area contributed by atoms with Crippen LogP contribution in [0.1, 0.15) is 40.5 Å². The van der Waals surface area contributed by atoms with Crippen molar-refractivity contribution in [3.05, 3.63) is 0 Å². The van der Waals surface area contributed by atoms with Crippen LogP contribution in [0.2, 0.25) is 0 Å². The van der Waals surface area contributed by atoms with E-state index in [1.54, 1.807) is 0 Å². The average Bonchev–Trinajstić information content (AvgIpc) is 1.99. The summed E-state index contributed by atoms with van der Waals surface area (Å²) >= 11 is 0. The van der Waals surface area contributed by atoms with Gasteiger partial charge in [0.1, 0.15) is 0 Å². The largest absolute Gasteiger partial charge is 0.212 e. The number of sulfonamides is 1. The van der Waals surface area contributed by atoms with Gasteiger partial charge in [0, 0.05) is 6.04 Å². The highest BCUT2D eigenvalue weighted by Crippen LogP contribution is 2.07. The summed E-state index contributed by atoms with van der Waals surface area (Å²) in [6.07, 6.45) is 1.52. The van der Waals surface area contributed by atoms with Crippen LogP contribution in [0.4, 0.5) is 0 Å². The maximum atomic E-state index is 11.4. The van der Waals surface area contributed by atoms with E-state index in [1.165, 1.54) is 0 Å². The molecule has 0 fully saturated rings. The average molecular weight is 207 g/mol. The molecule has 0 rings (SSSR count). The molecule has 0 saturated carbocycles. The third kappa shape index (κ3) is 5.26. The van der Waals surface area contributed by atoms with Gasteiger partial charge in [-0.2, -0.15) is 0 Å². The second-order valence-electron chi connectivity index (χ2n) is 3.70. The summed E-state index contributed by atoms with van der Waals surface area (Å²) in [5.41, 5.74) is 0. The van der Waals surface area contributed by atoms with Crippen LogP contribution in [-0.4, -0.2) is 20.2 Å². The molecular formula is C9H21NO2S. The molecule has 13 heavy (non-hydrogen) atoms. The monoisotopic (exact) mass is 207 g/mol. The van der Waals surface area contributed by atoms with E-state index >= 15 is 0 Å². The fraction of sp³-hybridized carbons (Fsp3) is 1.00. The van der Waals surface area contributed by atoms with Gasteiger partial charge < -0.3 is 0 Å². The Bertz CT molecular complexity index is 222. The molecule has 0 aromatic rings. The van der Waals surface area contributed by atoms with Gasteiger partial charge in [0.05, 0.1) is 5.75 Å². The Morgan fingerprint density at radius 3 is 2.08 bits per heavy atom. The van der Waals surface area contributed by atoms with Gasteiger partial charge in [0.2, 0.25) is 10.0 Å². The van der Waals surface area contributed by atoms with Gasteiger partial charge in [-0.15, -0.1) is 0 Å². The van der Waals surface area contributed by atoms with Crippen molar-refractivity contribution in [2.75, 3.05) is 5.75 Å². The van der Waals surface area contributed by atoms with E-state index in [4.69, 9.17) is 0 Å². The van der Waals surface area contributed by atoms with Gasteiger partial charge in [-0.3, -0.25) is 0 Å². The van der Waals surface area contributed by atoms with Crippen LogP contribution >= 0.6 is 0 Å². The molecule has 0 radical (unpaired) electrons. The lowest BCUT2D eigenvalue weighted by Gasteiger charge is -2.20. The molecule has 0 spiro atoms. The van der Waals surface area contributed by atoms with E-state index in [0.29, 0.717) is 12.3 Å². The molecule has 1 N–H and O–H groups in total. The molecular weight excluding hydrogens is 186 g/mol. The van der Waals surface area contributed by atoms with Crippen molar-refractivity contribution in [1.29, 1.82) is 0 Å². The normalized spacial score (nSPS) is 14.8. The summed E-state index contributed by atoms with van der Waals surface area (Å²) in [7, 11) is -3.04. The van der Waals surface area contributed by atoms with E-state index in [9.17, 15) is 8.42 Å². The minimum absolute atomic E-state index is 0.0801. The second-order valence-corrected chi connectivity index (χ2v) is 5.57. The Labute approximate surface area is 82.0 Å². The first-order valence-electron chi connectivity index (χ1n) is 4.93. The maximum Gasteiger partial charge on any atom is 0.211 e. The number of nitrogens with one attached hydrogen (secondary N) is 1. The Morgan fingerprint density at radius 2 is 1.77 bits per heavy atom. The highest BCUT2D eigenvalue weighted by molar-refractivity contribution is 7.89. The highest BCUT2D eigenvalue weighted by atomic mass is 32.2. The molecule has 80 valence electrons. The van der Waals surface area contributed by atoms with Gasteiger partial charge >= 0.3 is 0 Å². The molecule has 4 heteroatoms. The molecule has 1 unspecified atom stereocenters. The quantitative estimate of drug-likeness (QED) is 0.721. The fourth-order valence-electron chi connectivity index (χ4n) is 1.25. The molecule has 3 nitrogen and oxygen atoms in total. The van der Waals surface area contributed by atoms with E-state index in [2.05, 4.69) is 4.72 Å². The lowest BCUT2D eigenvalue weighted by molar-refractivity contribution is 0.437. The van der Waals surface area contributed by atoms with Crippen molar-refractivity contribution in [2.45, 2.75) is 46.6 Å². The fourth-order valence-corrected chi connectivity index (χ4v) is 2.80. The zero-order chi connectivity index (χ0) is 10.5. The van der Waals surface area contributed by atoms with Crippen LogP contribution in [0.15, 0.2) is 0 Å². The highest BCUT2D eigenvalue weighted by Gasteiger charge is 2.17. The molecule has 1 atom stereocenters. The molecule has 0 aromatic carbocycles. The molecule has 0 bridgehead atoms. The topological polar surface area (TPSA) is 46.2 Å². The Hall–Kier alpha value is -0.0900. The summed E-state index contributed by atoms with van der Waals surface area (Å²) in [6.45, 7) is 7.93. The Kier molecular flexibility index (Phi) is 5.56. The summed E-state index contributed by atoms with van der Waals surface area (Å²) < 4.78 is 25.5. The van der Waals surface area contributed by atoms with E-state index in [0.717, 1.165) is 6.42 Å². The van der Waals surface area contributed by atoms with Gasteiger partial charge in [-0.25, -0.2) is 13.1 Å².